The minimum absolute atomic E-state index is 0.470. The summed E-state index contributed by atoms with van der Waals surface area (Å²) in [6.07, 6.45) is 6.49. The van der Waals surface area contributed by atoms with Crippen LogP contribution >= 0.6 is 27.3 Å². The topological polar surface area (TPSA) is 21.3 Å². The van der Waals surface area contributed by atoms with E-state index < -0.39 is 0 Å². The number of thiophene rings is 1. The van der Waals surface area contributed by atoms with Gasteiger partial charge >= 0.3 is 0 Å². The quantitative estimate of drug-likeness (QED) is 0.764. The molecule has 0 aliphatic carbocycles. The van der Waals surface area contributed by atoms with Gasteiger partial charge in [-0.2, -0.15) is 0 Å². The van der Waals surface area contributed by atoms with E-state index in [0.29, 0.717) is 12.1 Å². The lowest BCUT2D eigenvalue weighted by atomic mass is 10.0. The molecule has 0 amide bonds. The Hall–Kier alpha value is 0.100. The maximum atomic E-state index is 5.74. The third kappa shape index (κ3) is 4.55. The number of halogens is 1. The fourth-order valence-electron chi connectivity index (χ4n) is 2.61. The first-order chi connectivity index (χ1) is 9.20. The largest absolute Gasteiger partial charge is 0.378 e. The Morgan fingerprint density at radius 1 is 1.58 bits per heavy atom. The molecule has 1 aromatic heterocycles. The Bertz CT molecular complexity index is 387. The molecular formula is C15H24BrNOS. The first-order valence-electron chi connectivity index (χ1n) is 7.31. The van der Waals surface area contributed by atoms with E-state index in [0.717, 1.165) is 13.2 Å². The second-order valence-corrected chi connectivity index (χ2v) is 7.43. The third-order valence-corrected chi connectivity index (χ3v) is 5.68. The minimum atomic E-state index is 0.470. The second-order valence-electron chi connectivity index (χ2n) is 5.29. The Morgan fingerprint density at radius 2 is 2.42 bits per heavy atom. The molecule has 1 aromatic rings. The highest BCUT2D eigenvalue weighted by molar-refractivity contribution is 9.10. The zero-order valence-electron chi connectivity index (χ0n) is 11.9. The number of ether oxygens (including phenoxy) is 1. The Labute approximate surface area is 129 Å². The van der Waals surface area contributed by atoms with Crippen molar-refractivity contribution in [3.05, 3.63) is 20.3 Å². The van der Waals surface area contributed by atoms with Gasteiger partial charge < -0.3 is 10.1 Å². The molecule has 1 N–H and O–H groups in total. The lowest BCUT2D eigenvalue weighted by Crippen LogP contribution is -2.23. The van der Waals surface area contributed by atoms with Crippen molar-refractivity contribution in [2.45, 2.75) is 58.1 Å². The summed E-state index contributed by atoms with van der Waals surface area (Å²) in [4.78, 5) is 2.83. The first-order valence-corrected chi connectivity index (χ1v) is 8.92. The zero-order valence-corrected chi connectivity index (χ0v) is 14.3. The molecule has 1 aliphatic heterocycles. The fraction of sp³-hybridized carbons (Fsp3) is 0.733. The van der Waals surface area contributed by atoms with Gasteiger partial charge in [0.05, 0.1) is 6.10 Å². The summed E-state index contributed by atoms with van der Waals surface area (Å²) in [6.45, 7) is 6.44. The molecule has 0 bridgehead atoms. The zero-order chi connectivity index (χ0) is 13.7. The Kier molecular flexibility index (Phi) is 6.33. The molecule has 1 fully saturated rings. The summed E-state index contributed by atoms with van der Waals surface area (Å²) in [5.74, 6) is 0. The van der Waals surface area contributed by atoms with Crippen LogP contribution in [0.1, 0.15) is 54.8 Å². The number of rotatable bonds is 7. The maximum Gasteiger partial charge on any atom is 0.0576 e. The molecule has 1 saturated heterocycles. The molecule has 0 aromatic carbocycles. The van der Waals surface area contributed by atoms with E-state index in [2.05, 4.69) is 41.2 Å². The standard InChI is InChI=1S/C15H24BrNOS/c1-3-8-17-14(7-6-12-5-4-9-18-12)15-13(16)10-11(2)19-15/h10,12,14,17H,3-9H2,1-2H3. The van der Waals surface area contributed by atoms with Crippen LogP contribution in [0.15, 0.2) is 10.5 Å². The van der Waals surface area contributed by atoms with Crippen molar-refractivity contribution in [1.29, 1.82) is 0 Å². The monoisotopic (exact) mass is 345 g/mol. The predicted molar refractivity (Wildman–Crippen MR) is 86.0 cm³/mol. The molecule has 1 aliphatic rings. The summed E-state index contributed by atoms with van der Waals surface area (Å²) >= 11 is 5.61. The highest BCUT2D eigenvalue weighted by Crippen LogP contribution is 2.35. The third-order valence-electron chi connectivity index (χ3n) is 3.59. The second kappa shape index (κ2) is 7.77. The van der Waals surface area contributed by atoms with E-state index in [-0.39, 0.29) is 0 Å². The van der Waals surface area contributed by atoms with Gasteiger partial charge in [0, 0.05) is 26.9 Å². The van der Waals surface area contributed by atoms with Crippen molar-refractivity contribution >= 4 is 27.3 Å². The van der Waals surface area contributed by atoms with Crippen molar-refractivity contribution in [3.8, 4) is 0 Å². The highest BCUT2D eigenvalue weighted by atomic mass is 79.9. The normalized spacial score (nSPS) is 20.9. The molecule has 2 atom stereocenters. The van der Waals surface area contributed by atoms with Crippen LogP contribution in [0, 0.1) is 6.92 Å². The fourth-order valence-corrected chi connectivity index (χ4v) is 4.65. The predicted octanol–water partition coefficient (Wildman–Crippen LogP) is 4.82. The summed E-state index contributed by atoms with van der Waals surface area (Å²) in [5.41, 5.74) is 0. The molecule has 2 unspecified atom stereocenters. The van der Waals surface area contributed by atoms with Crippen LogP contribution in [-0.4, -0.2) is 19.3 Å². The molecule has 0 saturated carbocycles. The number of nitrogens with one attached hydrogen (secondary N) is 1. The van der Waals surface area contributed by atoms with E-state index in [4.69, 9.17) is 4.74 Å². The van der Waals surface area contributed by atoms with Crippen LogP contribution in [-0.2, 0) is 4.74 Å². The number of hydrogen-bond donors (Lipinski definition) is 1. The van der Waals surface area contributed by atoms with Gasteiger partial charge in [-0.1, -0.05) is 6.92 Å². The average molecular weight is 346 g/mol. The smallest absolute Gasteiger partial charge is 0.0576 e. The van der Waals surface area contributed by atoms with Crippen LogP contribution in [0.5, 0.6) is 0 Å². The number of hydrogen-bond acceptors (Lipinski definition) is 3. The molecule has 4 heteroatoms. The Balaban J connectivity index is 1.96. The van der Waals surface area contributed by atoms with Crippen LogP contribution in [0.4, 0.5) is 0 Å². The summed E-state index contributed by atoms with van der Waals surface area (Å²) in [6, 6.07) is 2.70. The van der Waals surface area contributed by atoms with Gasteiger partial charge in [0.15, 0.2) is 0 Å². The van der Waals surface area contributed by atoms with E-state index in [1.165, 1.54) is 46.3 Å². The maximum absolute atomic E-state index is 5.74. The molecule has 0 radical (unpaired) electrons. The summed E-state index contributed by atoms with van der Waals surface area (Å²) in [7, 11) is 0. The van der Waals surface area contributed by atoms with Crippen LogP contribution in [0.3, 0.4) is 0 Å². The van der Waals surface area contributed by atoms with Gasteiger partial charge in [-0.25, -0.2) is 0 Å². The van der Waals surface area contributed by atoms with E-state index >= 15 is 0 Å². The van der Waals surface area contributed by atoms with Crippen molar-refractivity contribution in [2.75, 3.05) is 13.2 Å². The molecule has 2 nitrogen and oxygen atoms in total. The Morgan fingerprint density at radius 3 is 3.00 bits per heavy atom. The van der Waals surface area contributed by atoms with Gasteiger partial charge in [0.2, 0.25) is 0 Å². The van der Waals surface area contributed by atoms with Gasteiger partial charge in [-0.05, 0) is 67.6 Å². The highest BCUT2D eigenvalue weighted by Gasteiger charge is 2.21. The molecule has 2 heterocycles. The van der Waals surface area contributed by atoms with E-state index in [9.17, 15) is 0 Å². The van der Waals surface area contributed by atoms with Crippen molar-refractivity contribution in [3.63, 3.8) is 0 Å². The molecular weight excluding hydrogens is 322 g/mol. The van der Waals surface area contributed by atoms with Gasteiger partial charge in [-0.15, -0.1) is 11.3 Å². The minimum Gasteiger partial charge on any atom is -0.378 e. The van der Waals surface area contributed by atoms with E-state index in [1.54, 1.807) is 0 Å². The van der Waals surface area contributed by atoms with Crippen molar-refractivity contribution in [1.82, 2.24) is 5.32 Å². The first kappa shape index (κ1) is 15.5. The van der Waals surface area contributed by atoms with Crippen LogP contribution in [0.25, 0.3) is 0 Å². The lowest BCUT2D eigenvalue weighted by molar-refractivity contribution is 0.0997. The van der Waals surface area contributed by atoms with Gasteiger partial charge in [0.1, 0.15) is 0 Å². The van der Waals surface area contributed by atoms with Crippen molar-refractivity contribution < 1.29 is 4.74 Å². The summed E-state index contributed by atoms with van der Waals surface area (Å²) < 4.78 is 7.00. The molecule has 2 rings (SSSR count). The van der Waals surface area contributed by atoms with E-state index in [1.807, 2.05) is 11.3 Å². The number of aryl methyl sites for hydroxylation is 1. The SMILES string of the molecule is CCCNC(CCC1CCCO1)c1sc(C)cc1Br. The van der Waals surface area contributed by atoms with Crippen LogP contribution < -0.4 is 5.32 Å². The molecule has 108 valence electrons. The van der Waals surface area contributed by atoms with Gasteiger partial charge in [0.25, 0.3) is 0 Å². The van der Waals surface area contributed by atoms with Crippen LogP contribution in [0.2, 0.25) is 0 Å². The van der Waals surface area contributed by atoms with Gasteiger partial charge in [-0.3, -0.25) is 0 Å². The average Bonchev–Trinajstić information content (AvgIpc) is 3.00. The lowest BCUT2D eigenvalue weighted by Gasteiger charge is -2.19. The summed E-state index contributed by atoms with van der Waals surface area (Å²) in [5, 5.41) is 3.69. The molecule has 19 heavy (non-hydrogen) atoms. The van der Waals surface area contributed by atoms with Crippen molar-refractivity contribution in [2.24, 2.45) is 0 Å². The molecule has 0 spiro atoms.